The van der Waals surface area contributed by atoms with Gasteiger partial charge in [-0.25, -0.2) is 4.79 Å². The summed E-state index contributed by atoms with van der Waals surface area (Å²) in [5.74, 6) is -0.253. The van der Waals surface area contributed by atoms with Gasteiger partial charge in [0.2, 0.25) is 0 Å². The number of nitrogens with zero attached hydrogens (tertiary/aromatic N) is 1. The van der Waals surface area contributed by atoms with E-state index in [9.17, 15) is 4.79 Å². The van der Waals surface area contributed by atoms with Crippen LogP contribution in [0.2, 0.25) is 0 Å². The van der Waals surface area contributed by atoms with E-state index in [4.69, 9.17) is 4.74 Å². The molecular formula is C13H24NO2+. The van der Waals surface area contributed by atoms with E-state index in [-0.39, 0.29) is 12.1 Å². The number of esters is 1. The molecule has 0 bridgehead atoms. The standard InChI is InChI=1S/C13H24NO2/c1-9(2)13(15)16-12-7-10(3)14(5,6)11(4)8-12/h10-12H,1,7-8H2,2-6H3/q+1. The lowest BCUT2D eigenvalue weighted by atomic mass is 9.93. The summed E-state index contributed by atoms with van der Waals surface area (Å²) in [6.45, 7) is 9.74. The van der Waals surface area contributed by atoms with Crippen LogP contribution in [0.5, 0.6) is 0 Å². The predicted molar refractivity (Wildman–Crippen MR) is 65.0 cm³/mol. The zero-order chi connectivity index (χ0) is 12.5. The van der Waals surface area contributed by atoms with Crippen molar-refractivity contribution in [2.45, 2.75) is 51.8 Å². The lowest BCUT2D eigenvalue weighted by molar-refractivity contribution is -0.941. The van der Waals surface area contributed by atoms with E-state index in [2.05, 4.69) is 34.5 Å². The van der Waals surface area contributed by atoms with Crippen molar-refractivity contribution in [2.24, 2.45) is 0 Å². The van der Waals surface area contributed by atoms with Crippen LogP contribution in [0.25, 0.3) is 0 Å². The van der Waals surface area contributed by atoms with Gasteiger partial charge in [0.1, 0.15) is 6.10 Å². The summed E-state index contributed by atoms with van der Waals surface area (Å²) in [5.41, 5.74) is 0.486. The average molecular weight is 226 g/mol. The van der Waals surface area contributed by atoms with Crippen molar-refractivity contribution in [3.63, 3.8) is 0 Å². The lowest BCUT2D eigenvalue weighted by Crippen LogP contribution is -2.59. The monoisotopic (exact) mass is 226 g/mol. The number of carbonyl (C=O) groups is 1. The van der Waals surface area contributed by atoms with Gasteiger partial charge in [-0.15, -0.1) is 0 Å². The smallest absolute Gasteiger partial charge is 0.333 e. The Balaban J connectivity index is 2.61. The van der Waals surface area contributed by atoms with E-state index in [0.29, 0.717) is 17.7 Å². The molecule has 1 fully saturated rings. The molecule has 0 amide bonds. The van der Waals surface area contributed by atoms with Crippen LogP contribution >= 0.6 is 0 Å². The number of ether oxygens (including phenoxy) is 1. The fraction of sp³-hybridized carbons (Fsp3) is 0.769. The van der Waals surface area contributed by atoms with Gasteiger partial charge in [0.15, 0.2) is 0 Å². The maximum Gasteiger partial charge on any atom is 0.333 e. The zero-order valence-electron chi connectivity index (χ0n) is 11.1. The van der Waals surface area contributed by atoms with Gasteiger partial charge in [-0.2, -0.15) is 0 Å². The van der Waals surface area contributed by atoms with Crippen molar-refractivity contribution in [2.75, 3.05) is 14.1 Å². The van der Waals surface area contributed by atoms with Gasteiger partial charge >= 0.3 is 5.97 Å². The van der Waals surface area contributed by atoms with E-state index in [0.717, 1.165) is 17.3 Å². The molecule has 3 heteroatoms. The van der Waals surface area contributed by atoms with Gasteiger partial charge in [0.25, 0.3) is 0 Å². The number of carbonyl (C=O) groups excluding carboxylic acids is 1. The van der Waals surface area contributed by atoms with Crippen LogP contribution in [-0.4, -0.2) is 42.7 Å². The summed E-state index contributed by atoms with van der Waals surface area (Å²) in [7, 11) is 4.48. The Bertz CT molecular complexity index is 282. The Morgan fingerprint density at radius 2 is 1.69 bits per heavy atom. The molecular weight excluding hydrogens is 202 g/mol. The number of quaternary nitrogens is 1. The topological polar surface area (TPSA) is 26.3 Å². The number of likely N-dealkylation sites (tertiary alicyclic amines) is 1. The van der Waals surface area contributed by atoms with Crippen molar-refractivity contribution in [3.8, 4) is 0 Å². The summed E-state index contributed by atoms with van der Waals surface area (Å²) < 4.78 is 6.44. The number of piperidine rings is 1. The third-order valence-electron chi connectivity index (χ3n) is 4.10. The third kappa shape index (κ3) is 2.64. The van der Waals surface area contributed by atoms with Crippen LogP contribution in [0.1, 0.15) is 33.6 Å². The van der Waals surface area contributed by atoms with Crippen molar-refractivity contribution >= 4 is 5.97 Å². The summed E-state index contributed by atoms with van der Waals surface area (Å²) in [5, 5.41) is 0. The fourth-order valence-corrected chi connectivity index (χ4v) is 2.18. The SMILES string of the molecule is C=C(C)C(=O)OC1CC(C)[N+](C)(C)C(C)C1. The molecule has 0 aromatic carbocycles. The highest BCUT2D eigenvalue weighted by atomic mass is 16.5. The number of hydrogen-bond acceptors (Lipinski definition) is 2. The largest absolute Gasteiger partial charge is 0.459 e. The van der Waals surface area contributed by atoms with Gasteiger partial charge in [-0.3, -0.25) is 0 Å². The maximum atomic E-state index is 11.5. The molecule has 1 aliphatic rings. The minimum Gasteiger partial charge on any atom is -0.459 e. The van der Waals surface area contributed by atoms with Crippen LogP contribution in [0, 0.1) is 0 Å². The van der Waals surface area contributed by atoms with Crippen LogP contribution in [0.4, 0.5) is 0 Å². The van der Waals surface area contributed by atoms with Crippen LogP contribution in [0.3, 0.4) is 0 Å². The molecule has 0 aromatic rings. The first-order chi connectivity index (χ1) is 7.25. The fourth-order valence-electron chi connectivity index (χ4n) is 2.18. The van der Waals surface area contributed by atoms with E-state index in [1.54, 1.807) is 6.92 Å². The van der Waals surface area contributed by atoms with E-state index >= 15 is 0 Å². The second-order valence-corrected chi connectivity index (χ2v) is 5.61. The third-order valence-corrected chi connectivity index (χ3v) is 4.10. The molecule has 0 saturated carbocycles. The molecule has 2 atom stereocenters. The Labute approximate surface area is 98.7 Å². The van der Waals surface area contributed by atoms with E-state index < -0.39 is 0 Å². The van der Waals surface area contributed by atoms with Gasteiger partial charge in [0.05, 0.1) is 26.2 Å². The van der Waals surface area contributed by atoms with E-state index in [1.807, 2.05) is 0 Å². The van der Waals surface area contributed by atoms with Gasteiger partial charge < -0.3 is 9.22 Å². The highest BCUT2D eigenvalue weighted by Crippen LogP contribution is 2.29. The molecule has 2 unspecified atom stereocenters. The first-order valence-electron chi connectivity index (χ1n) is 5.95. The highest BCUT2D eigenvalue weighted by molar-refractivity contribution is 5.87. The Kier molecular flexibility index (Phi) is 3.79. The molecule has 1 heterocycles. The minimum absolute atomic E-state index is 0.0559. The summed E-state index contributed by atoms with van der Waals surface area (Å²) >= 11 is 0. The van der Waals surface area contributed by atoms with Gasteiger partial charge in [-0.1, -0.05) is 6.58 Å². The highest BCUT2D eigenvalue weighted by Gasteiger charge is 2.40. The number of rotatable bonds is 2. The minimum atomic E-state index is -0.253. The first kappa shape index (κ1) is 13.2. The number of hydrogen-bond donors (Lipinski definition) is 0. The second kappa shape index (κ2) is 4.58. The molecule has 16 heavy (non-hydrogen) atoms. The summed E-state index contributed by atoms with van der Waals surface area (Å²) in [4.78, 5) is 11.5. The molecule has 1 rings (SSSR count). The van der Waals surface area contributed by atoms with Crippen molar-refractivity contribution in [1.82, 2.24) is 0 Å². The summed E-state index contributed by atoms with van der Waals surface area (Å²) in [6.07, 6.45) is 1.94. The van der Waals surface area contributed by atoms with Crippen molar-refractivity contribution in [1.29, 1.82) is 0 Å². The lowest BCUT2D eigenvalue weighted by Gasteiger charge is -2.47. The Hall–Kier alpha value is -0.830. The molecule has 0 aromatic heterocycles. The molecule has 1 saturated heterocycles. The van der Waals surface area contributed by atoms with Crippen LogP contribution in [0.15, 0.2) is 12.2 Å². The molecule has 3 nitrogen and oxygen atoms in total. The van der Waals surface area contributed by atoms with Crippen molar-refractivity contribution in [3.05, 3.63) is 12.2 Å². The van der Waals surface area contributed by atoms with E-state index in [1.165, 1.54) is 0 Å². The Morgan fingerprint density at radius 3 is 2.06 bits per heavy atom. The van der Waals surface area contributed by atoms with Crippen molar-refractivity contribution < 1.29 is 14.0 Å². The molecule has 0 aliphatic carbocycles. The molecule has 0 spiro atoms. The summed E-state index contributed by atoms with van der Waals surface area (Å²) in [6, 6.07) is 1.04. The zero-order valence-corrected chi connectivity index (χ0v) is 11.1. The molecule has 1 aliphatic heterocycles. The second-order valence-electron chi connectivity index (χ2n) is 5.61. The quantitative estimate of drug-likeness (QED) is 0.409. The maximum absolute atomic E-state index is 11.5. The van der Waals surface area contributed by atoms with Gasteiger partial charge in [-0.05, 0) is 20.8 Å². The molecule has 0 radical (unpaired) electrons. The Morgan fingerprint density at radius 1 is 1.25 bits per heavy atom. The average Bonchev–Trinajstić information content (AvgIpc) is 2.14. The van der Waals surface area contributed by atoms with Crippen LogP contribution < -0.4 is 0 Å². The van der Waals surface area contributed by atoms with Gasteiger partial charge in [0, 0.05) is 18.4 Å². The molecule has 0 N–H and O–H groups in total. The van der Waals surface area contributed by atoms with Crippen LogP contribution in [-0.2, 0) is 9.53 Å². The molecule has 92 valence electrons. The predicted octanol–water partition coefficient (Wildman–Crippen LogP) is 2.12. The normalized spacial score (nSPS) is 33.2. The first-order valence-corrected chi connectivity index (χ1v) is 5.95.